The Morgan fingerprint density at radius 2 is 2.16 bits per heavy atom. The molecule has 1 aliphatic carbocycles. The monoisotopic (exact) mass is 265 g/mol. The van der Waals surface area contributed by atoms with E-state index in [2.05, 4.69) is 12.2 Å². The fourth-order valence-electron chi connectivity index (χ4n) is 2.91. The normalized spacial score (nSPS) is 18.4. The van der Waals surface area contributed by atoms with Gasteiger partial charge in [0.2, 0.25) is 5.76 Å². The van der Waals surface area contributed by atoms with Crippen LogP contribution in [0.3, 0.4) is 0 Å². The third kappa shape index (κ3) is 3.60. The van der Waals surface area contributed by atoms with Gasteiger partial charge in [-0.25, -0.2) is 4.79 Å². The first-order valence-corrected chi connectivity index (χ1v) is 7.14. The van der Waals surface area contributed by atoms with E-state index in [0.717, 1.165) is 5.92 Å². The number of carboxylic acids is 1. The van der Waals surface area contributed by atoms with E-state index in [4.69, 9.17) is 9.52 Å². The number of furan rings is 1. The molecule has 1 unspecified atom stereocenters. The second kappa shape index (κ2) is 6.24. The van der Waals surface area contributed by atoms with E-state index in [1.54, 1.807) is 6.92 Å². The number of aromatic carboxylic acids is 1. The molecule has 1 saturated carbocycles. The second-order valence-corrected chi connectivity index (χ2v) is 5.60. The molecule has 19 heavy (non-hydrogen) atoms. The fourth-order valence-corrected chi connectivity index (χ4v) is 2.91. The van der Waals surface area contributed by atoms with E-state index in [0.29, 0.717) is 23.9 Å². The molecule has 4 nitrogen and oxygen atoms in total. The Hall–Kier alpha value is -1.29. The van der Waals surface area contributed by atoms with Crippen LogP contribution in [0.1, 0.15) is 60.9 Å². The molecule has 0 amide bonds. The molecular formula is C15H23NO3. The van der Waals surface area contributed by atoms with E-state index in [1.807, 2.05) is 6.07 Å². The van der Waals surface area contributed by atoms with Gasteiger partial charge in [0, 0.05) is 11.6 Å². The molecule has 1 heterocycles. The summed E-state index contributed by atoms with van der Waals surface area (Å²) in [5.41, 5.74) is 0.689. The van der Waals surface area contributed by atoms with Gasteiger partial charge in [0.25, 0.3) is 0 Å². The molecule has 1 atom stereocenters. The smallest absolute Gasteiger partial charge is 0.372 e. The number of carboxylic acid groups (broad SMARTS) is 1. The lowest BCUT2D eigenvalue weighted by atomic mass is 9.84. The van der Waals surface area contributed by atoms with Crippen molar-refractivity contribution in [2.45, 2.75) is 58.5 Å². The van der Waals surface area contributed by atoms with E-state index in [-0.39, 0.29) is 5.76 Å². The summed E-state index contributed by atoms with van der Waals surface area (Å²) in [5.74, 6) is 0.507. The predicted molar refractivity (Wildman–Crippen MR) is 73.3 cm³/mol. The Morgan fingerprint density at radius 3 is 2.74 bits per heavy atom. The van der Waals surface area contributed by atoms with E-state index in [9.17, 15) is 4.79 Å². The molecule has 2 N–H and O–H groups in total. The van der Waals surface area contributed by atoms with Crippen molar-refractivity contribution in [3.05, 3.63) is 23.2 Å². The molecule has 0 aliphatic heterocycles. The van der Waals surface area contributed by atoms with Gasteiger partial charge in [-0.2, -0.15) is 0 Å². The first-order chi connectivity index (χ1) is 9.08. The van der Waals surface area contributed by atoms with Crippen LogP contribution in [0.5, 0.6) is 0 Å². The quantitative estimate of drug-likeness (QED) is 0.857. The highest BCUT2D eigenvalue weighted by Crippen LogP contribution is 2.26. The van der Waals surface area contributed by atoms with Crippen molar-refractivity contribution in [3.8, 4) is 0 Å². The minimum Gasteiger partial charge on any atom is -0.475 e. The van der Waals surface area contributed by atoms with E-state index >= 15 is 0 Å². The minimum atomic E-state index is -0.996. The summed E-state index contributed by atoms with van der Waals surface area (Å²) >= 11 is 0. The fraction of sp³-hybridized carbons (Fsp3) is 0.667. The molecule has 0 radical (unpaired) electrons. The number of rotatable bonds is 5. The molecule has 2 rings (SSSR count). The Kier molecular flexibility index (Phi) is 4.64. The Balaban J connectivity index is 1.87. The number of hydrogen-bond acceptors (Lipinski definition) is 3. The van der Waals surface area contributed by atoms with Crippen molar-refractivity contribution in [1.29, 1.82) is 0 Å². The maximum Gasteiger partial charge on any atom is 0.372 e. The lowest BCUT2D eigenvalue weighted by molar-refractivity contribution is 0.0659. The third-order valence-corrected chi connectivity index (χ3v) is 4.12. The number of hydrogen-bond donors (Lipinski definition) is 2. The summed E-state index contributed by atoms with van der Waals surface area (Å²) in [4.78, 5) is 10.9. The second-order valence-electron chi connectivity index (χ2n) is 5.60. The van der Waals surface area contributed by atoms with Gasteiger partial charge in [0.1, 0.15) is 5.76 Å². The lowest BCUT2D eigenvalue weighted by Crippen LogP contribution is -2.34. The lowest BCUT2D eigenvalue weighted by Gasteiger charge is -2.28. The molecule has 0 spiro atoms. The predicted octanol–water partition coefficient (Wildman–Crippen LogP) is 3.34. The summed E-state index contributed by atoms with van der Waals surface area (Å²) in [6.45, 7) is 4.58. The van der Waals surface area contributed by atoms with Gasteiger partial charge in [-0.05, 0) is 38.7 Å². The van der Waals surface area contributed by atoms with Crippen molar-refractivity contribution in [2.75, 3.05) is 0 Å². The average molecular weight is 265 g/mol. The average Bonchev–Trinajstić information content (AvgIpc) is 2.78. The largest absolute Gasteiger partial charge is 0.475 e. The number of carbonyl (C=O) groups is 1. The van der Waals surface area contributed by atoms with Crippen molar-refractivity contribution in [1.82, 2.24) is 5.32 Å². The SMILES string of the molecule is Cc1cc(CNC(C)C2CCCCC2)oc1C(=O)O. The minimum absolute atomic E-state index is 0.0575. The van der Waals surface area contributed by atoms with Gasteiger partial charge in [-0.1, -0.05) is 19.3 Å². The molecule has 1 aromatic rings. The summed E-state index contributed by atoms with van der Waals surface area (Å²) in [5, 5.41) is 12.4. The molecular weight excluding hydrogens is 242 g/mol. The van der Waals surface area contributed by atoms with Crippen LogP contribution in [0, 0.1) is 12.8 Å². The molecule has 1 fully saturated rings. The molecule has 106 valence electrons. The zero-order valence-corrected chi connectivity index (χ0v) is 11.7. The Morgan fingerprint density at radius 1 is 1.47 bits per heavy atom. The Labute approximate surface area is 114 Å². The maximum absolute atomic E-state index is 10.9. The maximum atomic E-state index is 10.9. The van der Waals surface area contributed by atoms with Crippen LogP contribution in [0.2, 0.25) is 0 Å². The van der Waals surface area contributed by atoms with Crippen LogP contribution in [-0.4, -0.2) is 17.1 Å². The summed E-state index contributed by atoms with van der Waals surface area (Å²) in [6, 6.07) is 2.27. The van der Waals surface area contributed by atoms with Crippen LogP contribution in [0.15, 0.2) is 10.5 Å². The van der Waals surface area contributed by atoms with E-state index < -0.39 is 5.97 Å². The highest BCUT2D eigenvalue weighted by Gasteiger charge is 2.20. The van der Waals surface area contributed by atoms with Crippen LogP contribution < -0.4 is 5.32 Å². The van der Waals surface area contributed by atoms with Crippen molar-refractivity contribution >= 4 is 5.97 Å². The standard InChI is InChI=1S/C15H23NO3/c1-10-8-13(19-14(10)15(17)18)9-16-11(2)12-6-4-3-5-7-12/h8,11-12,16H,3-7,9H2,1-2H3,(H,17,18). The highest BCUT2D eigenvalue weighted by atomic mass is 16.4. The van der Waals surface area contributed by atoms with Crippen molar-refractivity contribution in [2.24, 2.45) is 5.92 Å². The topological polar surface area (TPSA) is 62.5 Å². The van der Waals surface area contributed by atoms with Crippen LogP contribution >= 0.6 is 0 Å². The zero-order valence-electron chi connectivity index (χ0n) is 11.7. The number of nitrogens with one attached hydrogen (secondary N) is 1. The Bertz CT molecular complexity index is 433. The highest BCUT2D eigenvalue weighted by molar-refractivity contribution is 5.86. The van der Waals surface area contributed by atoms with Gasteiger partial charge in [-0.3, -0.25) is 0 Å². The van der Waals surface area contributed by atoms with Crippen LogP contribution in [0.25, 0.3) is 0 Å². The summed E-state index contributed by atoms with van der Waals surface area (Å²) < 4.78 is 5.35. The zero-order chi connectivity index (χ0) is 13.8. The first kappa shape index (κ1) is 14.1. The van der Waals surface area contributed by atoms with Gasteiger partial charge in [-0.15, -0.1) is 0 Å². The van der Waals surface area contributed by atoms with Crippen LogP contribution in [0.4, 0.5) is 0 Å². The summed E-state index contributed by atoms with van der Waals surface area (Å²) in [7, 11) is 0. The molecule has 0 aromatic carbocycles. The van der Waals surface area contributed by atoms with Crippen LogP contribution in [-0.2, 0) is 6.54 Å². The van der Waals surface area contributed by atoms with Gasteiger partial charge in [0.05, 0.1) is 6.54 Å². The van der Waals surface area contributed by atoms with E-state index in [1.165, 1.54) is 32.1 Å². The van der Waals surface area contributed by atoms with Gasteiger partial charge < -0.3 is 14.8 Å². The third-order valence-electron chi connectivity index (χ3n) is 4.12. The van der Waals surface area contributed by atoms with Gasteiger partial charge in [0.15, 0.2) is 0 Å². The molecule has 1 aliphatic rings. The molecule has 4 heteroatoms. The van der Waals surface area contributed by atoms with Gasteiger partial charge >= 0.3 is 5.97 Å². The number of aryl methyl sites for hydroxylation is 1. The first-order valence-electron chi connectivity index (χ1n) is 7.14. The molecule has 1 aromatic heterocycles. The van der Waals surface area contributed by atoms with Crippen molar-refractivity contribution in [3.63, 3.8) is 0 Å². The van der Waals surface area contributed by atoms with Crippen molar-refractivity contribution < 1.29 is 14.3 Å². The molecule has 0 saturated heterocycles. The molecule has 0 bridgehead atoms. The summed E-state index contributed by atoms with van der Waals surface area (Å²) in [6.07, 6.45) is 6.62.